The lowest BCUT2D eigenvalue weighted by atomic mass is 9.76. The molecule has 150 valence electrons. The van der Waals surface area contributed by atoms with E-state index in [2.05, 4.69) is 71.0 Å². The fourth-order valence-corrected chi connectivity index (χ4v) is 2.75. The molecule has 0 aromatic carbocycles. The minimum Gasteiger partial charge on any atom is -0.388 e. The molecule has 0 spiro atoms. The van der Waals surface area contributed by atoms with Gasteiger partial charge in [0.1, 0.15) is 0 Å². The smallest absolute Gasteiger partial charge is 0.0174 e. The molecule has 3 nitrogen and oxygen atoms in total. The first-order valence-corrected chi connectivity index (χ1v) is 10.5. The molecule has 0 aromatic rings. The highest BCUT2D eigenvalue weighted by atomic mass is 14.9. The van der Waals surface area contributed by atoms with E-state index in [4.69, 9.17) is 0 Å². The Kier molecular flexibility index (Phi) is 13.3. The van der Waals surface area contributed by atoms with E-state index in [9.17, 15) is 0 Å². The van der Waals surface area contributed by atoms with Gasteiger partial charge in [-0.1, -0.05) is 61.5 Å². The molecule has 1 atom stereocenters. The minimum atomic E-state index is 0.369. The van der Waals surface area contributed by atoms with E-state index in [1.165, 1.54) is 32.1 Å². The van der Waals surface area contributed by atoms with E-state index in [0.29, 0.717) is 23.3 Å². The molecular weight excluding hydrogens is 306 g/mol. The number of unbranched alkanes of at least 4 members (excludes halogenated alkanes) is 2. The molecule has 0 amide bonds. The van der Waals surface area contributed by atoms with Crippen molar-refractivity contribution >= 4 is 0 Å². The van der Waals surface area contributed by atoms with Crippen LogP contribution in [0.1, 0.15) is 80.6 Å². The highest BCUT2D eigenvalue weighted by Gasteiger charge is 2.25. The summed E-state index contributed by atoms with van der Waals surface area (Å²) >= 11 is 0. The third kappa shape index (κ3) is 13.3. The van der Waals surface area contributed by atoms with Crippen LogP contribution in [0.4, 0.5) is 0 Å². The van der Waals surface area contributed by atoms with E-state index >= 15 is 0 Å². The molecule has 0 saturated heterocycles. The lowest BCUT2D eigenvalue weighted by Gasteiger charge is -2.33. The standard InChI is InChI=1S/C22H47N3/c1-18(2)21(6)25-17-20(5)22(7,8)13-12-15-23-14-10-9-11-16-24-19(3)4/h18-20,23-25H,6,9-17H2,1-5,7-8H3. The van der Waals surface area contributed by atoms with E-state index in [1.807, 2.05) is 0 Å². The zero-order valence-corrected chi connectivity index (χ0v) is 18.3. The highest BCUT2D eigenvalue weighted by Crippen LogP contribution is 2.31. The van der Waals surface area contributed by atoms with Gasteiger partial charge in [-0.2, -0.15) is 0 Å². The Morgan fingerprint density at radius 1 is 0.880 bits per heavy atom. The Morgan fingerprint density at radius 3 is 2.08 bits per heavy atom. The van der Waals surface area contributed by atoms with Crippen LogP contribution in [-0.4, -0.2) is 32.2 Å². The second-order valence-electron chi connectivity index (χ2n) is 8.97. The molecule has 0 rings (SSSR count). The lowest BCUT2D eigenvalue weighted by Crippen LogP contribution is -2.32. The molecule has 0 aliphatic rings. The minimum absolute atomic E-state index is 0.369. The van der Waals surface area contributed by atoms with Gasteiger partial charge in [0.15, 0.2) is 0 Å². The summed E-state index contributed by atoms with van der Waals surface area (Å²) in [7, 11) is 0. The van der Waals surface area contributed by atoms with Crippen LogP contribution in [0.15, 0.2) is 12.3 Å². The average molecular weight is 354 g/mol. The van der Waals surface area contributed by atoms with Gasteiger partial charge in [0.25, 0.3) is 0 Å². The third-order valence-electron chi connectivity index (χ3n) is 5.42. The molecule has 0 bridgehead atoms. The summed E-state index contributed by atoms with van der Waals surface area (Å²) < 4.78 is 0. The number of nitrogens with one attached hydrogen (secondary N) is 3. The van der Waals surface area contributed by atoms with Crippen molar-refractivity contribution in [1.82, 2.24) is 16.0 Å². The zero-order chi connectivity index (χ0) is 19.3. The van der Waals surface area contributed by atoms with Crippen molar-refractivity contribution in [2.24, 2.45) is 17.3 Å². The van der Waals surface area contributed by atoms with Gasteiger partial charge in [-0.25, -0.2) is 0 Å². The molecule has 0 aliphatic carbocycles. The second-order valence-corrected chi connectivity index (χ2v) is 8.97. The summed E-state index contributed by atoms with van der Waals surface area (Å²) in [5, 5.41) is 10.6. The van der Waals surface area contributed by atoms with Crippen molar-refractivity contribution in [3.63, 3.8) is 0 Å². The van der Waals surface area contributed by atoms with Crippen molar-refractivity contribution < 1.29 is 0 Å². The zero-order valence-electron chi connectivity index (χ0n) is 18.3. The van der Waals surface area contributed by atoms with E-state index in [-0.39, 0.29) is 0 Å². The maximum absolute atomic E-state index is 4.11. The van der Waals surface area contributed by atoms with Crippen LogP contribution in [0.3, 0.4) is 0 Å². The number of allylic oxidation sites excluding steroid dienone is 1. The van der Waals surface area contributed by atoms with Gasteiger partial charge in [0.05, 0.1) is 0 Å². The molecule has 3 heteroatoms. The quantitative estimate of drug-likeness (QED) is 0.344. The Labute approximate surface area is 158 Å². The van der Waals surface area contributed by atoms with Gasteiger partial charge < -0.3 is 16.0 Å². The first-order valence-electron chi connectivity index (χ1n) is 10.5. The van der Waals surface area contributed by atoms with E-state index in [0.717, 1.165) is 31.9 Å². The predicted octanol–water partition coefficient (Wildman–Crippen LogP) is 4.95. The van der Waals surface area contributed by atoms with Gasteiger partial charge in [-0.3, -0.25) is 0 Å². The van der Waals surface area contributed by atoms with E-state index in [1.54, 1.807) is 0 Å². The topological polar surface area (TPSA) is 36.1 Å². The van der Waals surface area contributed by atoms with Crippen LogP contribution < -0.4 is 16.0 Å². The molecule has 0 aliphatic heterocycles. The second kappa shape index (κ2) is 13.6. The maximum atomic E-state index is 4.11. The Morgan fingerprint density at radius 2 is 1.48 bits per heavy atom. The molecule has 0 aromatic heterocycles. The van der Waals surface area contributed by atoms with Crippen molar-refractivity contribution in [1.29, 1.82) is 0 Å². The molecule has 1 unspecified atom stereocenters. The first kappa shape index (κ1) is 24.5. The molecular formula is C22H47N3. The Bertz CT molecular complexity index is 334. The summed E-state index contributed by atoms with van der Waals surface area (Å²) in [5.74, 6) is 1.16. The fourth-order valence-electron chi connectivity index (χ4n) is 2.75. The normalized spacial score (nSPS) is 13.5. The van der Waals surface area contributed by atoms with Crippen molar-refractivity contribution in [2.45, 2.75) is 86.6 Å². The van der Waals surface area contributed by atoms with Crippen LogP contribution in [0, 0.1) is 17.3 Å². The molecule has 0 heterocycles. The summed E-state index contributed by atoms with van der Waals surface area (Å²) in [6, 6.07) is 0.613. The van der Waals surface area contributed by atoms with Crippen molar-refractivity contribution in [3.05, 3.63) is 12.3 Å². The van der Waals surface area contributed by atoms with Crippen molar-refractivity contribution in [3.8, 4) is 0 Å². The van der Waals surface area contributed by atoms with Gasteiger partial charge in [0.2, 0.25) is 0 Å². The highest BCUT2D eigenvalue weighted by molar-refractivity contribution is 4.95. The summed E-state index contributed by atoms with van der Waals surface area (Å²) in [4.78, 5) is 0. The summed E-state index contributed by atoms with van der Waals surface area (Å²) in [6.45, 7) is 24.6. The number of rotatable bonds is 16. The van der Waals surface area contributed by atoms with Crippen LogP contribution in [0.5, 0.6) is 0 Å². The van der Waals surface area contributed by atoms with E-state index < -0.39 is 0 Å². The van der Waals surface area contributed by atoms with Crippen molar-refractivity contribution in [2.75, 3.05) is 26.2 Å². The lowest BCUT2D eigenvalue weighted by molar-refractivity contribution is 0.203. The predicted molar refractivity (Wildman–Crippen MR) is 114 cm³/mol. The van der Waals surface area contributed by atoms with Crippen LogP contribution in [-0.2, 0) is 0 Å². The van der Waals surface area contributed by atoms with Gasteiger partial charge in [-0.05, 0) is 62.6 Å². The Hall–Kier alpha value is -0.540. The SMILES string of the molecule is C=C(NCC(C)C(C)(C)CCCNCCCCCNC(C)C)C(C)C. The third-order valence-corrected chi connectivity index (χ3v) is 5.42. The number of hydrogen-bond acceptors (Lipinski definition) is 3. The largest absolute Gasteiger partial charge is 0.388 e. The van der Waals surface area contributed by atoms with Gasteiger partial charge >= 0.3 is 0 Å². The molecule has 0 radical (unpaired) electrons. The van der Waals surface area contributed by atoms with Gasteiger partial charge in [0, 0.05) is 18.3 Å². The van der Waals surface area contributed by atoms with Crippen LogP contribution in [0.25, 0.3) is 0 Å². The molecule has 3 N–H and O–H groups in total. The van der Waals surface area contributed by atoms with Crippen LogP contribution in [0.2, 0.25) is 0 Å². The average Bonchev–Trinajstić information content (AvgIpc) is 2.53. The fraction of sp³-hybridized carbons (Fsp3) is 0.909. The van der Waals surface area contributed by atoms with Gasteiger partial charge in [-0.15, -0.1) is 0 Å². The molecule has 0 saturated carbocycles. The first-order chi connectivity index (χ1) is 11.7. The summed E-state index contributed by atoms with van der Waals surface area (Å²) in [5.41, 5.74) is 1.53. The maximum Gasteiger partial charge on any atom is 0.0174 e. The van der Waals surface area contributed by atoms with Crippen LogP contribution >= 0.6 is 0 Å². The monoisotopic (exact) mass is 353 g/mol. The Balaban J connectivity index is 3.66. The summed E-state index contributed by atoms with van der Waals surface area (Å²) in [6.07, 6.45) is 6.44. The number of hydrogen-bond donors (Lipinski definition) is 3. The molecule has 0 fully saturated rings. The molecule has 25 heavy (non-hydrogen) atoms.